The summed E-state index contributed by atoms with van der Waals surface area (Å²) in [4.78, 5) is 11.6. The van der Waals surface area contributed by atoms with Crippen LogP contribution in [0.25, 0.3) is 0 Å². The van der Waals surface area contributed by atoms with E-state index in [0.29, 0.717) is 6.42 Å². The van der Waals surface area contributed by atoms with Crippen molar-refractivity contribution in [3.63, 3.8) is 0 Å². The van der Waals surface area contributed by atoms with Crippen molar-refractivity contribution >= 4 is 11.7 Å². The molecule has 1 aromatic heterocycles. The Kier molecular flexibility index (Phi) is 4.25. The number of aromatic nitrogens is 3. The van der Waals surface area contributed by atoms with E-state index in [2.05, 4.69) is 25.9 Å². The van der Waals surface area contributed by atoms with Crippen LogP contribution in [-0.2, 0) is 0 Å². The van der Waals surface area contributed by atoms with Crippen LogP contribution in [0.15, 0.2) is 11.4 Å². The van der Waals surface area contributed by atoms with Gasteiger partial charge in [0.2, 0.25) is 0 Å². The SMILES string of the molecule is CCCC(NC(=O)c1cn[nH]n1)C(N)=NO. The number of nitrogens with zero attached hydrogens (tertiary/aromatic N) is 3. The second-order valence-electron chi connectivity index (χ2n) is 3.19. The fourth-order valence-electron chi connectivity index (χ4n) is 1.20. The molecule has 0 aliphatic carbocycles. The number of hydrogen-bond donors (Lipinski definition) is 4. The Bertz CT molecular complexity index is 361. The Labute approximate surface area is 91.9 Å². The first-order chi connectivity index (χ1) is 7.69. The molecule has 0 aliphatic rings. The summed E-state index contributed by atoms with van der Waals surface area (Å²) in [6.45, 7) is 1.93. The third-order valence-electron chi connectivity index (χ3n) is 2.00. The van der Waals surface area contributed by atoms with Gasteiger partial charge in [0.1, 0.15) is 0 Å². The van der Waals surface area contributed by atoms with Crippen LogP contribution in [0.3, 0.4) is 0 Å². The molecule has 1 aromatic rings. The van der Waals surface area contributed by atoms with Crippen molar-refractivity contribution in [2.75, 3.05) is 0 Å². The monoisotopic (exact) mass is 226 g/mol. The first-order valence-corrected chi connectivity index (χ1v) is 4.83. The molecule has 1 atom stereocenters. The lowest BCUT2D eigenvalue weighted by atomic mass is 10.1. The molecule has 8 heteroatoms. The quantitative estimate of drug-likeness (QED) is 0.232. The summed E-state index contributed by atoms with van der Waals surface area (Å²) in [6.07, 6.45) is 2.67. The number of hydrogen-bond acceptors (Lipinski definition) is 5. The summed E-state index contributed by atoms with van der Waals surface area (Å²) in [6, 6.07) is -0.501. The summed E-state index contributed by atoms with van der Waals surface area (Å²) in [5.41, 5.74) is 5.61. The van der Waals surface area contributed by atoms with Crippen LogP contribution in [0.5, 0.6) is 0 Å². The normalized spacial score (nSPS) is 13.4. The lowest BCUT2D eigenvalue weighted by Crippen LogP contribution is -2.44. The van der Waals surface area contributed by atoms with Crippen LogP contribution in [0, 0.1) is 0 Å². The molecule has 16 heavy (non-hydrogen) atoms. The molecule has 0 spiro atoms. The average Bonchev–Trinajstić information content (AvgIpc) is 2.80. The number of carbonyl (C=O) groups excluding carboxylic acids is 1. The number of nitrogens with two attached hydrogens (primary N) is 1. The van der Waals surface area contributed by atoms with Gasteiger partial charge in [0.05, 0.1) is 12.2 Å². The molecule has 0 saturated carbocycles. The van der Waals surface area contributed by atoms with Crippen molar-refractivity contribution in [1.82, 2.24) is 20.7 Å². The van der Waals surface area contributed by atoms with Gasteiger partial charge in [-0.15, -0.1) is 0 Å². The average molecular weight is 226 g/mol. The number of amidine groups is 1. The van der Waals surface area contributed by atoms with Crippen molar-refractivity contribution < 1.29 is 10.0 Å². The first kappa shape index (κ1) is 12.0. The van der Waals surface area contributed by atoms with Gasteiger partial charge in [-0.25, -0.2) is 0 Å². The smallest absolute Gasteiger partial charge is 0.274 e. The van der Waals surface area contributed by atoms with Crippen LogP contribution in [0.1, 0.15) is 30.3 Å². The third kappa shape index (κ3) is 2.94. The second-order valence-corrected chi connectivity index (χ2v) is 3.19. The molecule has 0 fully saturated rings. The molecule has 88 valence electrons. The Morgan fingerprint density at radius 2 is 2.56 bits per heavy atom. The molecule has 8 nitrogen and oxygen atoms in total. The number of amides is 1. The van der Waals surface area contributed by atoms with Gasteiger partial charge < -0.3 is 16.3 Å². The van der Waals surface area contributed by atoms with Crippen LogP contribution in [-0.4, -0.2) is 38.4 Å². The van der Waals surface area contributed by atoms with Crippen LogP contribution >= 0.6 is 0 Å². The standard InChI is InChI=1S/C8H14N6O2/c1-2-3-5(7(9)13-16)11-8(15)6-4-10-14-12-6/h4-5,16H,2-3H2,1H3,(H2,9,13)(H,11,15)(H,10,12,14). The zero-order valence-electron chi connectivity index (χ0n) is 8.84. The molecule has 1 rings (SSSR count). The minimum Gasteiger partial charge on any atom is -0.409 e. The minimum absolute atomic E-state index is 0.0290. The van der Waals surface area contributed by atoms with E-state index in [-0.39, 0.29) is 11.5 Å². The number of oxime groups is 1. The van der Waals surface area contributed by atoms with Crippen molar-refractivity contribution in [2.45, 2.75) is 25.8 Å². The van der Waals surface area contributed by atoms with E-state index in [0.717, 1.165) is 6.42 Å². The van der Waals surface area contributed by atoms with Crippen molar-refractivity contribution in [2.24, 2.45) is 10.9 Å². The Morgan fingerprint density at radius 1 is 1.81 bits per heavy atom. The van der Waals surface area contributed by atoms with Crippen LogP contribution in [0.4, 0.5) is 0 Å². The summed E-state index contributed by atoms with van der Waals surface area (Å²) < 4.78 is 0. The highest BCUT2D eigenvalue weighted by Gasteiger charge is 2.18. The van der Waals surface area contributed by atoms with E-state index in [9.17, 15) is 4.79 Å². The summed E-state index contributed by atoms with van der Waals surface area (Å²) in [7, 11) is 0. The predicted molar refractivity (Wildman–Crippen MR) is 56.0 cm³/mol. The van der Waals surface area contributed by atoms with Gasteiger partial charge in [0, 0.05) is 0 Å². The minimum atomic E-state index is -0.501. The predicted octanol–water partition coefficient (Wildman–Crippen LogP) is -0.550. The van der Waals surface area contributed by atoms with Crippen molar-refractivity contribution in [3.05, 3.63) is 11.9 Å². The molecule has 1 heterocycles. The zero-order valence-corrected chi connectivity index (χ0v) is 8.84. The molecular weight excluding hydrogens is 212 g/mol. The molecule has 0 aromatic carbocycles. The Hall–Kier alpha value is -2.12. The van der Waals surface area contributed by atoms with E-state index in [1.807, 2.05) is 6.92 Å². The topological polar surface area (TPSA) is 129 Å². The van der Waals surface area contributed by atoms with E-state index in [4.69, 9.17) is 10.9 Å². The summed E-state index contributed by atoms with van der Waals surface area (Å²) in [5, 5.41) is 23.5. The van der Waals surface area contributed by atoms with E-state index >= 15 is 0 Å². The second kappa shape index (κ2) is 5.69. The zero-order chi connectivity index (χ0) is 12.0. The summed E-state index contributed by atoms with van der Waals surface area (Å²) in [5.74, 6) is -0.447. The van der Waals surface area contributed by atoms with Crippen LogP contribution in [0.2, 0.25) is 0 Å². The number of rotatable bonds is 5. The van der Waals surface area contributed by atoms with Gasteiger partial charge in [-0.05, 0) is 6.42 Å². The molecule has 1 amide bonds. The van der Waals surface area contributed by atoms with Crippen molar-refractivity contribution in [3.8, 4) is 0 Å². The molecule has 0 bridgehead atoms. The highest BCUT2D eigenvalue weighted by Crippen LogP contribution is 1.99. The maximum atomic E-state index is 11.6. The number of aromatic amines is 1. The Morgan fingerprint density at radius 3 is 3.06 bits per heavy atom. The van der Waals surface area contributed by atoms with Gasteiger partial charge in [0.25, 0.3) is 5.91 Å². The molecule has 5 N–H and O–H groups in total. The van der Waals surface area contributed by atoms with E-state index in [1.165, 1.54) is 6.20 Å². The van der Waals surface area contributed by atoms with Gasteiger partial charge in [-0.2, -0.15) is 15.4 Å². The highest BCUT2D eigenvalue weighted by molar-refractivity contribution is 5.96. The van der Waals surface area contributed by atoms with Gasteiger partial charge in [-0.3, -0.25) is 4.79 Å². The first-order valence-electron chi connectivity index (χ1n) is 4.83. The van der Waals surface area contributed by atoms with Gasteiger partial charge >= 0.3 is 0 Å². The van der Waals surface area contributed by atoms with Gasteiger partial charge in [0.15, 0.2) is 11.5 Å². The van der Waals surface area contributed by atoms with Crippen molar-refractivity contribution in [1.29, 1.82) is 0 Å². The summed E-state index contributed by atoms with van der Waals surface area (Å²) >= 11 is 0. The molecule has 0 aliphatic heterocycles. The number of H-pyrrole nitrogens is 1. The Balaban J connectivity index is 2.65. The number of nitrogens with one attached hydrogen (secondary N) is 2. The maximum Gasteiger partial charge on any atom is 0.274 e. The molecule has 1 unspecified atom stereocenters. The maximum absolute atomic E-state index is 11.6. The lowest BCUT2D eigenvalue weighted by Gasteiger charge is -2.15. The number of carbonyl (C=O) groups is 1. The molecule has 0 saturated heterocycles. The third-order valence-corrected chi connectivity index (χ3v) is 2.00. The van der Waals surface area contributed by atoms with E-state index in [1.54, 1.807) is 0 Å². The van der Waals surface area contributed by atoms with Gasteiger partial charge in [-0.1, -0.05) is 18.5 Å². The van der Waals surface area contributed by atoms with Crippen LogP contribution < -0.4 is 11.1 Å². The fraction of sp³-hybridized carbons (Fsp3) is 0.500. The van der Waals surface area contributed by atoms with E-state index < -0.39 is 11.9 Å². The highest BCUT2D eigenvalue weighted by atomic mass is 16.4. The largest absolute Gasteiger partial charge is 0.409 e. The molecular formula is C8H14N6O2. The fourth-order valence-corrected chi connectivity index (χ4v) is 1.20. The lowest BCUT2D eigenvalue weighted by molar-refractivity contribution is 0.0940. The molecule has 0 radical (unpaired) electrons.